The highest BCUT2D eigenvalue weighted by Gasteiger charge is 2.47. The fraction of sp³-hybridized carbons (Fsp3) is 0.733. The van der Waals surface area contributed by atoms with Gasteiger partial charge in [0.25, 0.3) is 0 Å². The summed E-state index contributed by atoms with van der Waals surface area (Å²) in [4.78, 5) is 0. The van der Waals surface area contributed by atoms with Crippen LogP contribution in [0.3, 0.4) is 0 Å². The molecule has 1 unspecified atom stereocenters. The standard InChI is InChI=1S/C15H24/c1-11-6-5-7-12(2)13-10-15(3,4)14(13)9-8-11/h6,13-14H,2,5,7-10H2,1,3-4H3/b11-6-/t13?,14-/m1/s1. The summed E-state index contributed by atoms with van der Waals surface area (Å²) in [6.07, 6.45) is 8.90. The molecular weight excluding hydrogens is 180 g/mol. The fourth-order valence-corrected chi connectivity index (χ4v) is 3.44. The van der Waals surface area contributed by atoms with Gasteiger partial charge in [-0.25, -0.2) is 0 Å². The maximum Gasteiger partial charge on any atom is -0.0167 e. The van der Waals surface area contributed by atoms with E-state index >= 15 is 0 Å². The highest BCUT2D eigenvalue weighted by Crippen LogP contribution is 2.56. The third-order valence-corrected chi connectivity index (χ3v) is 4.57. The Labute approximate surface area is 94.5 Å². The van der Waals surface area contributed by atoms with Gasteiger partial charge >= 0.3 is 0 Å². The second-order valence-electron chi connectivity index (χ2n) is 6.19. The molecule has 15 heavy (non-hydrogen) atoms. The van der Waals surface area contributed by atoms with Gasteiger partial charge in [-0.15, -0.1) is 0 Å². The summed E-state index contributed by atoms with van der Waals surface area (Å²) < 4.78 is 0. The normalized spacial score (nSPS) is 38.9. The minimum Gasteiger partial charge on any atom is -0.0996 e. The van der Waals surface area contributed by atoms with Crippen LogP contribution in [0.2, 0.25) is 0 Å². The van der Waals surface area contributed by atoms with Crippen LogP contribution >= 0.6 is 0 Å². The van der Waals surface area contributed by atoms with Crippen molar-refractivity contribution in [1.29, 1.82) is 0 Å². The minimum atomic E-state index is 0.568. The summed E-state index contributed by atoms with van der Waals surface area (Å²) in [5.41, 5.74) is 3.68. The van der Waals surface area contributed by atoms with Crippen LogP contribution in [0.1, 0.15) is 52.9 Å². The Morgan fingerprint density at radius 2 is 2.07 bits per heavy atom. The Kier molecular flexibility index (Phi) is 2.79. The molecule has 0 aliphatic heterocycles. The summed E-state index contributed by atoms with van der Waals surface area (Å²) in [5.74, 6) is 1.73. The third kappa shape index (κ3) is 2.04. The Bertz CT molecular complexity index is 293. The van der Waals surface area contributed by atoms with Crippen LogP contribution in [0.25, 0.3) is 0 Å². The largest absolute Gasteiger partial charge is 0.0996 e. The van der Waals surface area contributed by atoms with Crippen LogP contribution in [-0.2, 0) is 0 Å². The van der Waals surface area contributed by atoms with E-state index in [2.05, 4.69) is 33.4 Å². The predicted octanol–water partition coefficient (Wildman–Crippen LogP) is 4.73. The van der Waals surface area contributed by atoms with Gasteiger partial charge in [0.05, 0.1) is 0 Å². The first-order valence-electron chi connectivity index (χ1n) is 6.34. The zero-order valence-electron chi connectivity index (χ0n) is 10.5. The van der Waals surface area contributed by atoms with Crippen molar-refractivity contribution in [2.24, 2.45) is 17.3 Å². The molecule has 0 N–H and O–H groups in total. The van der Waals surface area contributed by atoms with Crippen LogP contribution in [-0.4, -0.2) is 0 Å². The first-order chi connectivity index (χ1) is 7.00. The average molecular weight is 204 g/mol. The van der Waals surface area contributed by atoms with Crippen LogP contribution in [0, 0.1) is 17.3 Å². The van der Waals surface area contributed by atoms with E-state index in [1.807, 2.05) is 0 Å². The molecule has 0 radical (unpaired) electrons. The van der Waals surface area contributed by atoms with E-state index in [4.69, 9.17) is 0 Å². The molecule has 0 aromatic heterocycles. The molecule has 2 atom stereocenters. The van der Waals surface area contributed by atoms with Crippen LogP contribution in [0.5, 0.6) is 0 Å². The molecule has 2 aliphatic carbocycles. The van der Waals surface area contributed by atoms with Crippen molar-refractivity contribution >= 4 is 0 Å². The van der Waals surface area contributed by atoms with Gasteiger partial charge in [0.2, 0.25) is 0 Å². The van der Waals surface area contributed by atoms with E-state index in [0.717, 1.165) is 11.8 Å². The second kappa shape index (κ2) is 3.81. The summed E-state index contributed by atoms with van der Waals surface area (Å²) in [6.45, 7) is 11.4. The lowest BCUT2D eigenvalue weighted by Gasteiger charge is -2.53. The van der Waals surface area contributed by atoms with E-state index in [1.165, 1.54) is 37.7 Å². The first-order valence-corrected chi connectivity index (χ1v) is 6.34. The van der Waals surface area contributed by atoms with Crippen molar-refractivity contribution in [2.75, 3.05) is 0 Å². The number of fused-ring (bicyclic) bond motifs is 1. The highest BCUT2D eigenvalue weighted by atomic mass is 14.5. The summed E-state index contributed by atoms with van der Waals surface area (Å²) in [5, 5.41) is 0. The molecule has 2 aliphatic rings. The molecule has 0 heterocycles. The predicted molar refractivity (Wildman–Crippen MR) is 66.7 cm³/mol. The van der Waals surface area contributed by atoms with Crippen LogP contribution in [0.4, 0.5) is 0 Å². The SMILES string of the molecule is C=C1CC/C=C(/C)CC[C@@H]2C1CC2(C)C. The summed E-state index contributed by atoms with van der Waals surface area (Å²) in [6, 6.07) is 0. The van der Waals surface area contributed by atoms with Gasteiger partial charge in [-0.1, -0.05) is 37.6 Å². The van der Waals surface area contributed by atoms with E-state index in [1.54, 1.807) is 5.57 Å². The maximum absolute atomic E-state index is 4.30. The Morgan fingerprint density at radius 3 is 2.73 bits per heavy atom. The molecule has 1 saturated carbocycles. The molecule has 0 aromatic carbocycles. The minimum absolute atomic E-state index is 0.568. The lowest BCUT2D eigenvalue weighted by atomic mass is 9.52. The Morgan fingerprint density at radius 1 is 1.33 bits per heavy atom. The molecule has 2 rings (SSSR count). The van der Waals surface area contributed by atoms with Gasteiger partial charge < -0.3 is 0 Å². The van der Waals surface area contributed by atoms with Crippen LogP contribution < -0.4 is 0 Å². The molecular formula is C15H24. The zero-order valence-corrected chi connectivity index (χ0v) is 10.5. The van der Waals surface area contributed by atoms with Gasteiger partial charge in [-0.3, -0.25) is 0 Å². The van der Waals surface area contributed by atoms with Crippen molar-refractivity contribution in [1.82, 2.24) is 0 Å². The quantitative estimate of drug-likeness (QED) is 0.501. The van der Waals surface area contributed by atoms with Gasteiger partial charge in [0.1, 0.15) is 0 Å². The van der Waals surface area contributed by atoms with Gasteiger partial charge in [0, 0.05) is 0 Å². The zero-order chi connectivity index (χ0) is 11.1. The molecule has 0 heteroatoms. The third-order valence-electron chi connectivity index (χ3n) is 4.57. The van der Waals surface area contributed by atoms with E-state index in [9.17, 15) is 0 Å². The van der Waals surface area contributed by atoms with Crippen molar-refractivity contribution in [2.45, 2.75) is 52.9 Å². The Hall–Kier alpha value is -0.520. The number of hydrogen-bond acceptors (Lipinski definition) is 0. The second-order valence-corrected chi connectivity index (χ2v) is 6.19. The maximum atomic E-state index is 4.30. The number of hydrogen-bond donors (Lipinski definition) is 0. The van der Waals surface area contributed by atoms with Crippen molar-refractivity contribution in [3.8, 4) is 0 Å². The molecule has 0 spiro atoms. The van der Waals surface area contributed by atoms with Crippen molar-refractivity contribution in [3.05, 3.63) is 23.8 Å². The molecule has 0 aromatic rings. The Balaban J connectivity index is 2.12. The van der Waals surface area contributed by atoms with E-state index < -0.39 is 0 Å². The van der Waals surface area contributed by atoms with Gasteiger partial charge in [-0.05, 0) is 56.3 Å². The average Bonchev–Trinajstić information content (AvgIpc) is 2.18. The topological polar surface area (TPSA) is 0 Å². The first kappa shape index (κ1) is 11.0. The molecule has 0 bridgehead atoms. The number of rotatable bonds is 0. The highest BCUT2D eigenvalue weighted by molar-refractivity contribution is 5.16. The van der Waals surface area contributed by atoms with E-state index in [-0.39, 0.29) is 0 Å². The van der Waals surface area contributed by atoms with Gasteiger partial charge in [0.15, 0.2) is 0 Å². The molecule has 0 nitrogen and oxygen atoms in total. The molecule has 1 fully saturated rings. The summed E-state index contributed by atoms with van der Waals surface area (Å²) in [7, 11) is 0. The van der Waals surface area contributed by atoms with Gasteiger partial charge in [-0.2, -0.15) is 0 Å². The lowest BCUT2D eigenvalue weighted by Crippen LogP contribution is -2.44. The van der Waals surface area contributed by atoms with E-state index in [0.29, 0.717) is 5.41 Å². The molecule has 84 valence electrons. The van der Waals surface area contributed by atoms with Crippen LogP contribution in [0.15, 0.2) is 23.8 Å². The molecule has 0 saturated heterocycles. The number of allylic oxidation sites excluding steroid dienone is 3. The molecule has 0 amide bonds. The smallest absolute Gasteiger partial charge is 0.0167 e. The lowest BCUT2D eigenvalue weighted by molar-refractivity contribution is 0.00384. The summed E-state index contributed by atoms with van der Waals surface area (Å²) >= 11 is 0. The monoisotopic (exact) mass is 204 g/mol. The fourth-order valence-electron chi connectivity index (χ4n) is 3.44. The van der Waals surface area contributed by atoms with Crippen molar-refractivity contribution < 1.29 is 0 Å². The van der Waals surface area contributed by atoms with Crippen molar-refractivity contribution in [3.63, 3.8) is 0 Å².